The number of likely N-dealkylation sites (tertiary alicyclic amines) is 1. The molecule has 5 nitrogen and oxygen atoms in total. The molecule has 0 bridgehead atoms. The van der Waals surface area contributed by atoms with Gasteiger partial charge in [-0.1, -0.05) is 0 Å². The van der Waals surface area contributed by atoms with Crippen molar-refractivity contribution < 1.29 is 4.79 Å². The molecule has 3 rings (SSSR count). The van der Waals surface area contributed by atoms with Crippen LogP contribution in [0.5, 0.6) is 0 Å². The first-order valence-electron chi connectivity index (χ1n) is 5.49. The minimum atomic E-state index is 0.280. The van der Waals surface area contributed by atoms with Gasteiger partial charge in [-0.05, 0) is 19.3 Å². The van der Waals surface area contributed by atoms with Crippen LogP contribution in [0.3, 0.4) is 0 Å². The fourth-order valence-corrected chi connectivity index (χ4v) is 2.13. The molecule has 2 aliphatic rings. The van der Waals surface area contributed by atoms with E-state index in [1.54, 1.807) is 17.2 Å². The molecule has 2 heterocycles. The normalized spacial score (nSPS) is 25.9. The van der Waals surface area contributed by atoms with Crippen LogP contribution in [0.4, 0.5) is 0 Å². The zero-order chi connectivity index (χ0) is 10.3. The molecule has 80 valence electrons. The average molecular weight is 206 g/mol. The zero-order valence-corrected chi connectivity index (χ0v) is 8.54. The van der Waals surface area contributed by atoms with Crippen LogP contribution >= 0.6 is 0 Å². The van der Waals surface area contributed by atoms with E-state index < -0.39 is 0 Å². The summed E-state index contributed by atoms with van der Waals surface area (Å²) in [6.07, 6.45) is 6.52. The topological polar surface area (TPSA) is 51.0 Å². The van der Waals surface area contributed by atoms with E-state index in [0.29, 0.717) is 11.8 Å². The van der Waals surface area contributed by atoms with Crippen molar-refractivity contribution in [3.05, 3.63) is 12.4 Å². The summed E-state index contributed by atoms with van der Waals surface area (Å²) in [5, 5.41) is 8.24. The van der Waals surface area contributed by atoms with Crippen LogP contribution in [0, 0.1) is 5.92 Å². The minimum absolute atomic E-state index is 0.280. The second-order valence-electron chi connectivity index (χ2n) is 4.35. The molecule has 0 unspecified atom stereocenters. The standard InChI is InChI=1S/C10H14N4O/c15-10(8-1-2-8)13-6-3-9(7-13)14-11-4-5-12-14/h4-5,8-9H,1-3,6-7H2/t9-/m0/s1. The van der Waals surface area contributed by atoms with Gasteiger partial charge in [-0.3, -0.25) is 4.79 Å². The molecule has 1 saturated heterocycles. The molecule has 1 aromatic rings. The maximum absolute atomic E-state index is 11.8. The average Bonchev–Trinajstić information content (AvgIpc) is 2.80. The molecular formula is C10H14N4O. The fraction of sp³-hybridized carbons (Fsp3) is 0.700. The Morgan fingerprint density at radius 2 is 1.93 bits per heavy atom. The number of hydrogen-bond donors (Lipinski definition) is 0. The molecule has 1 saturated carbocycles. The van der Waals surface area contributed by atoms with Crippen molar-refractivity contribution in [2.45, 2.75) is 25.3 Å². The summed E-state index contributed by atoms with van der Waals surface area (Å²) in [4.78, 5) is 15.5. The summed E-state index contributed by atoms with van der Waals surface area (Å²) in [6.45, 7) is 1.64. The lowest BCUT2D eigenvalue weighted by Gasteiger charge is -2.15. The predicted molar refractivity (Wildman–Crippen MR) is 53.0 cm³/mol. The van der Waals surface area contributed by atoms with Crippen molar-refractivity contribution in [2.24, 2.45) is 5.92 Å². The molecule has 1 aromatic heterocycles. The van der Waals surface area contributed by atoms with Crippen molar-refractivity contribution in [3.8, 4) is 0 Å². The maximum Gasteiger partial charge on any atom is 0.225 e. The van der Waals surface area contributed by atoms with Crippen LogP contribution in [0.2, 0.25) is 0 Å². The molecule has 0 N–H and O–H groups in total. The Labute approximate surface area is 88.1 Å². The number of carbonyl (C=O) groups excluding carboxylic acids is 1. The van der Waals surface area contributed by atoms with Gasteiger partial charge >= 0.3 is 0 Å². The summed E-state index contributed by atoms with van der Waals surface area (Å²) in [5.41, 5.74) is 0. The monoisotopic (exact) mass is 206 g/mol. The number of aromatic nitrogens is 3. The van der Waals surface area contributed by atoms with Crippen LogP contribution in [-0.2, 0) is 4.79 Å². The molecule has 2 fully saturated rings. The van der Waals surface area contributed by atoms with Gasteiger partial charge < -0.3 is 4.90 Å². The predicted octanol–water partition coefficient (Wildman–Crippen LogP) is 0.462. The van der Waals surface area contributed by atoms with Gasteiger partial charge in [0, 0.05) is 19.0 Å². The van der Waals surface area contributed by atoms with E-state index in [-0.39, 0.29) is 6.04 Å². The van der Waals surface area contributed by atoms with Crippen molar-refractivity contribution in [2.75, 3.05) is 13.1 Å². The molecule has 1 atom stereocenters. The number of nitrogens with zero attached hydrogens (tertiary/aromatic N) is 4. The van der Waals surface area contributed by atoms with Gasteiger partial charge in [-0.25, -0.2) is 0 Å². The molecule has 1 aliphatic carbocycles. The van der Waals surface area contributed by atoms with Crippen LogP contribution in [-0.4, -0.2) is 38.9 Å². The Morgan fingerprint density at radius 3 is 2.60 bits per heavy atom. The molecule has 0 radical (unpaired) electrons. The van der Waals surface area contributed by atoms with Crippen LogP contribution in [0.15, 0.2) is 12.4 Å². The third-order valence-corrected chi connectivity index (χ3v) is 3.16. The third kappa shape index (κ3) is 1.62. The first-order valence-corrected chi connectivity index (χ1v) is 5.49. The van der Waals surface area contributed by atoms with Gasteiger partial charge in [0.1, 0.15) is 0 Å². The third-order valence-electron chi connectivity index (χ3n) is 3.16. The van der Waals surface area contributed by atoms with E-state index in [9.17, 15) is 4.79 Å². The van der Waals surface area contributed by atoms with Crippen molar-refractivity contribution >= 4 is 5.91 Å². The highest BCUT2D eigenvalue weighted by Gasteiger charge is 2.37. The van der Waals surface area contributed by atoms with Gasteiger partial charge in [0.2, 0.25) is 5.91 Å². The molecule has 1 aliphatic heterocycles. The van der Waals surface area contributed by atoms with Crippen LogP contribution < -0.4 is 0 Å². The second-order valence-corrected chi connectivity index (χ2v) is 4.35. The number of carbonyl (C=O) groups is 1. The number of amides is 1. The highest BCUT2D eigenvalue weighted by molar-refractivity contribution is 5.81. The zero-order valence-electron chi connectivity index (χ0n) is 8.54. The Morgan fingerprint density at radius 1 is 1.20 bits per heavy atom. The largest absolute Gasteiger partial charge is 0.340 e. The molecule has 0 spiro atoms. The SMILES string of the molecule is O=C(C1CC1)N1CC[C@H](n2nccn2)C1. The van der Waals surface area contributed by atoms with E-state index in [4.69, 9.17) is 0 Å². The van der Waals surface area contributed by atoms with E-state index in [2.05, 4.69) is 10.2 Å². The van der Waals surface area contributed by atoms with Crippen molar-refractivity contribution in [1.29, 1.82) is 0 Å². The molecule has 1 amide bonds. The Kier molecular flexibility index (Phi) is 1.97. The second kappa shape index (κ2) is 3.32. The Bertz CT molecular complexity index is 358. The highest BCUT2D eigenvalue weighted by Crippen LogP contribution is 2.33. The lowest BCUT2D eigenvalue weighted by atomic mass is 10.3. The van der Waals surface area contributed by atoms with Gasteiger partial charge in [-0.2, -0.15) is 15.0 Å². The first-order chi connectivity index (χ1) is 7.34. The minimum Gasteiger partial charge on any atom is -0.340 e. The highest BCUT2D eigenvalue weighted by atomic mass is 16.2. The summed E-state index contributed by atoms with van der Waals surface area (Å²) in [5.74, 6) is 0.666. The summed E-state index contributed by atoms with van der Waals surface area (Å²) >= 11 is 0. The van der Waals surface area contributed by atoms with Gasteiger partial charge in [0.15, 0.2) is 0 Å². The van der Waals surface area contributed by atoms with Crippen LogP contribution in [0.1, 0.15) is 25.3 Å². The molecule has 0 aromatic carbocycles. The van der Waals surface area contributed by atoms with Crippen LogP contribution in [0.25, 0.3) is 0 Å². The quantitative estimate of drug-likeness (QED) is 0.706. The van der Waals surface area contributed by atoms with Gasteiger partial charge in [-0.15, -0.1) is 0 Å². The fourth-order valence-electron chi connectivity index (χ4n) is 2.13. The summed E-state index contributed by atoms with van der Waals surface area (Å²) in [6, 6.07) is 0.280. The van der Waals surface area contributed by atoms with E-state index in [0.717, 1.165) is 32.4 Å². The van der Waals surface area contributed by atoms with Gasteiger partial charge in [0.05, 0.1) is 18.4 Å². The number of rotatable bonds is 2. The first kappa shape index (κ1) is 8.88. The van der Waals surface area contributed by atoms with Crippen molar-refractivity contribution in [1.82, 2.24) is 19.9 Å². The molecule has 5 heteroatoms. The molecular weight excluding hydrogens is 192 g/mol. The van der Waals surface area contributed by atoms with Gasteiger partial charge in [0.25, 0.3) is 0 Å². The summed E-state index contributed by atoms with van der Waals surface area (Å²) in [7, 11) is 0. The molecule has 15 heavy (non-hydrogen) atoms. The summed E-state index contributed by atoms with van der Waals surface area (Å²) < 4.78 is 0. The lowest BCUT2D eigenvalue weighted by molar-refractivity contribution is -0.131. The van der Waals surface area contributed by atoms with E-state index in [1.807, 2.05) is 4.90 Å². The van der Waals surface area contributed by atoms with Crippen molar-refractivity contribution in [3.63, 3.8) is 0 Å². The smallest absolute Gasteiger partial charge is 0.225 e. The number of hydrogen-bond acceptors (Lipinski definition) is 3. The Hall–Kier alpha value is -1.39. The Balaban J connectivity index is 1.65. The van der Waals surface area contributed by atoms with E-state index >= 15 is 0 Å². The maximum atomic E-state index is 11.8. The van der Waals surface area contributed by atoms with E-state index in [1.165, 1.54) is 0 Å². The lowest BCUT2D eigenvalue weighted by Crippen LogP contribution is -2.30.